The van der Waals surface area contributed by atoms with Crippen LogP contribution in [0, 0.1) is 5.92 Å². The molecule has 1 saturated carbocycles. The Morgan fingerprint density at radius 2 is 2.00 bits per heavy atom. The molecule has 2 atom stereocenters. The molecule has 0 radical (unpaired) electrons. The highest BCUT2D eigenvalue weighted by Crippen LogP contribution is 2.30. The Balaban J connectivity index is 1.73. The van der Waals surface area contributed by atoms with Gasteiger partial charge in [0.05, 0.1) is 5.54 Å². The summed E-state index contributed by atoms with van der Waals surface area (Å²) in [6.45, 7) is 4.28. The fourth-order valence-electron chi connectivity index (χ4n) is 3.38. The monoisotopic (exact) mass is 281 g/mol. The summed E-state index contributed by atoms with van der Waals surface area (Å²) in [6.07, 6.45) is 6.25. The molecule has 5 heteroatoms. The molecule has 0 aromatic heterocycles. The second-order valence-corrected chi connectivity index (χ2v) is 6.45. The lowest BCUT2D eigenvalue weighted by Gasteiger charge is -2.35. The number of nitrogens with one attached hydrogen (secondary N) is 1. The van der Waals surface area contributed by atoms with Gasteiger partial charge in [0, 0.05) is 26.1 Å². The van der Waals surface area contributed by atoms with Crippen molar-refractivity contribution < 1.29 is 9.59 Å². The quantitative estimate of drug-likeness (QED) is 0.808. The number of likely N-dealkylation sites (tertiary alicyclic amines) is 1. The van der Waals surface area contributed by atoms with Crippen LogP contribution in [0.2, 0.25) is 0 Å². The first-order chi connectivity index (χ1) is 9.51. The van der Waals surface area contributed by atoms with Crippen LogP contribution in [0.3, 0.4) is 0 Å². The van der Waals surface area contributed by atoms with E-state index in [4.69, 9.17) is 5.73 Å². The van der Waals surface area contributed by atoms with E-state index in [9.17, 15) is 9.59 Å². The van der Waals surface area contributed by atoms with Crippen LogP contribution in [0.4, 0.5) is 0 Å². The van der Waals surface area contributed by atoms with E-state index >= 15 is 0 Å². The minimum atomic E-state index is -0.728. The van der Waals surface area contributed by atoms with Crippen LogP contribution in [-0.2, 0) is 9.59 Å². The molecule has 3 N–H and O–H groups in total. The molecule has 2 unspecified atom stereocenters. The highest BCUT2D eigenvalue weighted by molar-refractivity contribution is 5.86. The average molecular weight is 281 g/mol. The van der Waals surface area contributed by atoms with E-state index in [0.717, 1.165) is 51.6 Å². The third-order valence-corrected chi connectivity index (χ3v) is 4.57. The van der Waals surface area contributed by atoms with Crippen LogP contribution < -0.4 is 11.1 Å². The molecule has 2 rings (SSSR count). The standard InChI is InChI=1S/C15H27N3O2/c1-12-5-4-7-15(16,11-12)14(20)17-8-6-13(19)18-9-2-3-10-18/h12H,2-11,16H2,1H3,(H,17,20). The molecule has 0 spiro atoms. The first kappa shape index (κ1) is 15.3. The highest BCUT2D eigenvalue weighted by atomic mass is 16.2. The normalized spacial score (nSPS) is 30.3. The van der Waals surface area contributed by atoms with Crippen molar-refractivity contribution in [3.8, 4) is 0 Å². The number of nitrogens with zero attached hydrogens (tertiary/aromatic N) is 1. The van der Waals surface area contributed by atoms with Crippen LogP contribution in [0.5, 0.6) is 0 Å². The van der Waals surface area contributed by atoms with Gasteiger partial charge in [-0.1, -0.05) is 19.8 Å². The fourth-order valence-corrected chi connectivity index (χ4v) is 3.38. The number of hydrogen-bond acceptors (Lipinski definition) is 3. The summed E-state index contributed by atoms with van der Waals surface area (Å²) in [5.74, 6) is 0.565. The fraction of sp³-hybridized carbons (Fsp3) is 0.867. The van der Waals surface area contributed by atoms with Gasteiger partial charge in [0.25, 0.3) is 0 Å². The highest BCUT2D eigenvalue weighted by Gasteiger charge is 2.37. The topological polar surface area (TPSA) is 75.4 Å². The van der Waals surface area contributed by atoms with E-state index in [-0.39, 0.29) is 11.8 Å². The van der Waals surface area contributed by atoms with Gasteiger partial charge in [-0.2, -0.15) is 0 Å². The summed E-state index contributed by atoms with van der Waals surface area (Å²) < 4.78 is 0. The molecular formula is C15H27N3O2. The maximum atomic E-state index is 12.2. The lowest BCUT2D eigenvalue weighted by Crippen LogP contribution is -2.56. The predicted octanol–water partition coefficient (Wildman–Crippen LogP) is 1.02. The molecule has 0 aromatic carbocycles. The van der Waals surface area contributed by atoms with E-state index in [1.807, 2.05) is 4.90 Å². The molecule has 1 aliphatic carbocycles. The Hall–Kier alpha value is -1.10. The summed E-state index contributed by atoms with van der Waals surface area (Å²) in [7, 11) is 0. The SMILES string of the molecule is CC1CCCC(N)(C(=O)NCCC(=O)N2CCCC2)C1. The summed E-state index contributed by atoms with van der Waals surface area (Å²) in [4.78, 5) is 26.0. The van der Waals surface area contributed by atoms with E-state index in [2.05, 4.69) is 12.2 Å². The van der Waals surface area contributed by atoms with Crippen molar-refractivity contribution in [2.75, 3.05) is 19.6 Å². The molecule has 5 nitrogen and oxygen atoms in total. The van der Waals surface area contributed by atoms with Gasteiger partial charge < -0.3 is 16.0 Å². The largest absolute Gasteiger partial charge is 0.354 e. The smallest absolute Gasteiger partial charge is 0.240 e. The molecule has 0 aromatic rings. The summed E-state index contributed by atoms with van der Waals surface area (Å²) in [5, 5.41) is 2.86. The third kappa shape index (κ3) is 3.72. The molecule has 1 heterocycles. The molecular weight excluding hydrogens is 254 g/mol. The van der Waals surface area contributed by atoms with E-state index < -0.39 is 5.54 Å². The lowest BCUT2D eigenvalue weighted by molar-refractivity contribution is -0.130. The number of hydrogen-bond donors (Lipinski definition) is 2. The van der Waals surface area contributed by atoms with Crippen molar-refractivity contribution in [1.82, 2.24) is 10.2 Å². The minimum Gasteiger partial charge on any atom is -0.354 e. The van der Waals surface area contributed by atoms with Crippen LogP contribution >= 0.6 is 0 Å². The van der Waals surface area contributed by atoms with Crippen molar-refractivity contribution in [3.63, 3.8) is 0 Å². The van der Waals surface area contributed by atoms with Gasteiger partial charge in [-0.25, -0.2) is 0 Å². The molecule has 2 fully saturated rings. The molecule has 114 valence electrons. The van der Waals surface area contributed by atoms with Crippen molar-refractivity contribution >= 4 is 11.8 Å². The zero-order valence-electron chi connectivity index (χ0n) is 12.5. The molecule has 2 amide bonds. The van der Waals surface area contributed by atoms with Gasteiger partial charge in [-0.3, -0.25) is 9.59 Å². The van der Waals surface area contributed by atoms with Crippen molar-refractivity contribution in [2.24, 2.45) is 11.7 Å². The second-order valence-electron chi connectivity index (χ2n) is 6.45. The molecule has 1 saturated heterocycles. The van der Waals surface area contributed by atoms with E-state index in [1.165, 1.54) is 0 Å². The predicted molar refractivity (Wildman–Crippen MR) is 78.0 cm³/mol. The first-order valence-electron chi connectivity index (χ1n) is 7.86. The minimum absolute atomic E-state index is 0.0849. The number of carbonyl (C=O) groups excluding carboxylic acids is 2. The Bertz CT molecular complexity index is 366. The Morgan fingerprint density at radius 3 is 2.65 bits per heavy atom. The zero-order valence-corrected chi connectivity index (χ0v) is 12.5. The lowest BCUT2D eigenvalue weighted by atomic mass is 9.76. The molecule has 1 aliphatic heterocycles. The zero-order chi connectivity index (χ0) is 14.6. The maximum absolute atomic E-state index is 12.2. The van der Waals surface area contributed by atoms with Crippen molar-refractivity contribution in [1.29, 1.82) is 0 Å². The summed E-state index contributed by atoms with van der Waals surface area (Å²) in [5.41, 5.74) is 5.50. The maximum Gasteiger partial charge on any atom is 0.240 e. The molecule has 2 aliphatic rings. The van der Waals surface area contributed by atoms with Crippen LogP contribution in [0.1, 0.15) is 51.9 Å². The van der Waals surface area contributed by atoms with Gasteiger partial charge in [0.15, 0.2) is 0 Å². The Morgan fingerprint density at radius 1 is 1.30 bits per heavy atom. The average Bonchev–Trinajstić information content (AvgIpc) is 2.92. The number of nitrogens with two attached hydrogens (primary N) is 1. The van der Waals surface area contributed by atoms with Gasteiger partial charge in [0.2, 0.25) is 11.8 Å². The van der Waals surface area contributed by atoms with Crippen molar-refractivity contribution in [3.05, 3.63) is 0 Å². The first-order valence-corrected chi connectivity index (χ1v) is 7.86. The summed E-state index contributed by atoms with van der Waals surface area (Å²) in [6, 6.07) is 0. The number of rotatable bonds is 4. The van der Waals surface area contributed by atoms with Crippen LogP contribution in [0.25, 0.3) is 0 Å². The van der Waals surface area contributed by atoms with Gasteiger partial charge in [0.1, 0.15) is 0 Å². The molecule has 0 bridgehead atoms. The number of carbonyl (C=O) groups is 2. The Labute approximate surface area is 121 Å². The molecule has 20 heavy (non-hydrogen) atoms. The third-order valence-electron chi connectivity index (χ3n) is 4.57. The number of amides is 2. The van der Waals surface area contributed by atoms with Gasteiger partial charge in [-0.15, -0.1) is 0 Å². The second kappa shape index (κ2) is 6.57. The van der Waals surface area contributed by atoms with Crippen LogP contribution in [-0.4, -0.2) is 41.9 Å². The van der Waals surface area contributed by atoms with Gasteiger partial charge >= 0.3 is 0 Å². The van der Waals surface area contributed by atoms with E-state index in [1.54, 1.807) is 0 Å². The summed E-state index contributed by atoms with van der Waals surface area (Å²) >= 11 is 0. The van der Waals surface area contributed by atoms with Gasteiger partial charge in [-0.05, 0) is 31.6 Å². The van der Waals surface area contributed by atoms with Crippen molar-refractivity contribution in [2.45, 2.75) is 57.4 Å². The van der Waals surface area contributed by atoms with Crippen LogP contribution in [0.15, 0.2) is 0 Å². The Kier molecular flexibility index (Phi) is 5.02. The van der Waals surface area contributed by atoms with E-state index in [0.29, 0.717) is 18.9 Å².